The van der Waals surface area contributed by atoms with Gasteiger partial charge in [-0.2, -0.15) is 0 Å². The van der Waals surface area contributed by atoms with Gasteiger partial charge < -0.3 is 9.47 Å². The van der Waals surface area contributed by atoms with Crippen molar-refractivity contribution in [3.8, 4) is 11.5 Å². The second kappa shape index (κ2) is 20.1. The molecule has 0 atom stereocenters. The van der Waals surface area contributed by atoms with Gasteiger partial charge in [-0.1, -0.05) is 127 Å². The van der Waals surface area contributed by atoms with E-state index in [0.29, 0.717) is 11.5 Å². The van der Waals surface area contributed by atoms with E-state index < -0.39 is 11.9 Å². The third kappa shape index (κ3) is 13.6. The van der Waals surface area contributed by atoms with Gasteiger partial charge in [-0.15, -0.1) is 0 Å². The van der Waals surface area contributed by atoms with Crippen molar-refractivity contribution >= 4 is 11.9 Å². The quantitative estimate of drug-likeness (QED) is 0.0755. The van der Waals surface area contributed by atoms with Crippen LogP contribution in [0.3, 0.4) is 0 Å². The predicted octanol–water partition coefficient (Wildman–Crippen LogP) is 9.34. The van der Waals surface area contributed by atoms with Gasteiger partial charge in [0.05, 0.1) is 0 Å². The largest absolute Gasteiger partial charge is 0.423 e. The average Bonchev–Trinajstić information content (AvgIpc) is 2.92. The van der Waals surface area contributed by atoms with E-state index in [-0.39, 0.29) is 0 Å². The molecule has 0 fully saturated rings. The molecule has 2 rings (SSSR count). The van der Waals surface area contributed by atoms with Gasteiger partial charge in [-0.3, -0.25) is 0 Å². The van der Waals surface area contributed by atoms with Gasteiger partial charge in [0.15, 0.2) is 0 Å². The van der Waals surface area contributed by atoms with Crippen molar-refractivity contribution in [3.63, 3.8) is 0 Å². The summed E-state index contributed by atoms with van der Waals surface area (Å²) in [5, 5.41) is 0. The number of esters is 2. The van der Waals surface area contributed by atoms with Crippen LogP contribution < -0.4 is 9.47 Å². The number of carbonyl (C=O) groups is 2. The molecule has 0 N–H and O–H groups in total. The van der Waals surface area contributed by atoms with E-state index in [9.17, 15) is 9.59 Å². The average molecular weight is 521 g/mol. The summed E-state index contributed by atoms with van der Waals surface area (Å²) in [6.07, 6.45) is 21.4. The summed E-state index contributed by atoms with van der Waals surface area (Å²) in [6.45, 7) is 4.46. The molecule has 0 unspecified atom stereocenters. The standard InChI is InChI=1S/C34H48O4/c1-3-5-7-9-11-13-15-21-29-23-17-19-25-31(29)37-33(35)27-28-34(36)38-32-26-20-18-24-30(32)22-16-14-12-10-8-6-4-2/h17-20,23-28H,3-16,21-22H2,1-2H3/b28-27-. The van der Waals surface area contributed by atoms with E-state index in [1.54, 1.807) is 12.1 Å². The van der Waals surface area contributed by atoms with Gasteiger partial charge >= 0.3 is 11.9 Å². The van der Waals surface area contributed by atoms with Crippen molar-refractivity contribution in [1.82, 2.24) is 0 Å². The van der Waals surface area contributed by atoms with Crippen LogP contribution in [0.4, 0.5) is 0 Å². The normalized spacial score (nSPS) is 11.1. The zero-order valence-corrected chi connectivity index (χ0v) is 23.7. The van der Waals surface area contributed by atoms with Crippen molar-refractivity contribution in [1.29, 1.82) is 0 Å². The molecule has 0 aliphatic carbocycles. The molecular formula is C34H48O4. The molecule has 208 valence electrons. The maximum atomic E-state index is 12.4. The van der Waals surface area contributed by atoms with Crippen molar-refractivity contribution in [3.05, 3.63) is 71.8 Å². The fraction of sp³-hybridized carbons (Fsp3) is 0.529. The summed E-state index contributed by atoms with van der Waals surface area (Å²) in [4.78, 5) is 24.8. The molecule has 2 aromatic carbocycles. The molecule has 0 aliphatic rings. The molecular weight excluding hydrogens is 472 g/mol. The fourth-order valence-electron chi connectivity index (χ4n) is 4.59. The van der Waals surface area contributed by atoms with Crippen LogP contribution in [0.1, 0.15) is 115 Å². The van der Waals surface area contributed by atoms with Crippen molar-refractivity contribution in [2.45, 2.75) is 117 Å². The predicted molar refractivity (Wildman–Crippen MR) is 157 cm³/mol. The van der Waals surface area contributed by atoms with Crippen LogP contribution in [0.5, 0.6) is 11.5 Å². The molecule has 0 aliphatic heterocycles. The first-order chi connectivity index (χ1) is 18.6. The molecule has 0 radical (unpaired) electrons. The first kappa shape index (κ1) is 31.3. The summed E-state index contributed by atoms with van der Waals surface area (Å²) < 4.78 is 11.1. The maximum Gasteiger partial charge on any atom is 0.336 e. The Bertz CT molecular complexity index is 885. The number of aryl methyl sites for hydroxylation is 2. The molecule has 0 aromatic heterocycles. The van der Waals surface area contributed by atoms with Crippen LogP contribution in [-0.2, 0) is 22.4 Å². The fourth-order valence-corrected chi connectivity index (χ4v) is 4.59. The Labute approximate surface area is 230 Å². The van der Waals surface area contributed by atoms with Gasteiger partial charge in [0.2, 0.25) is 0 Å². The third-order valence-corrected chi connectivity index (χ3v) is 6.82. The van der Waals surface area contributed by atoms with Gasteiger partial charge in [0, 0.05) is 12.2 Å². The second-order valence-electron chi connectivity index (χ2n) is 10.1. The van der Waals surface area contributed by atoms with Gasteiger partial charge in [0.1, 0.15) is 11.5 Å². The smallest absolute Gasteiger partial charge is 0.336 e. The minimum absolute atomic E-state index is 0.557. The van der Waals surface area contributed by atoms with E-state index in [1.807, 2.05) is 36.4 Å². The van der Waals surface area contributed by atoms with E-state index >= 15 is 0 Å². The Morgan fingerprint density at radius 1 is 0.526 bits per heavy atom. The number of unbranched alkanes of at least 4 members (excludes halogenated alkanes) is 12. The number of carbonyl (C=O) groups excluding carboxylic acids is 2. The highest BCUT2D eigenvalue weighted by atomic mass is 16.5. The first-order valence-electron chi connectivity index (χ1n) is 14.9. The molecule has 0 saturated carbocycles. The molecule has 0 bridgehead atoms. The Hall–Kier alpha value is -2.88. The lowest BCUT2D eigenvalue weighted by molar-refractivity contribution is -0.131. The highest BCUT2D eigenvalue weighted by Crippen LogP contribution is 2.23. The SMILES string of the molecule is CCCCCCCCCc1ccccc1OC(=O)/C=C\C(=O)Oc1ccccc1CCCCCCCCC. The minimum atomic E-state index is -0.578. The van der Waals surface area contributed by atoms with Crippen LogP contribution in [0.2, 0.25) is 0 Å². The van der Waals surface area contributed by atoms with E-state index in [2.05, 4.69) is 13.8 Å². The van der Waals surface area contributed by atoms with Crippen molar-refractivity contribution in [2.24, 2.45) is 0 Å². The number of ether oxygens (including phenoxy) is 2. The Morgan fingerprint density at radius 3 is 1.26 bits per heavy atom. The molecule has 38 heavy (non-hydrogen) atoms. The summed E-state index contributed by atoms with van der Waals surface area (Å²) in [6, 6.07) is 15.3. The Balaban J connectivity index is 1.78. The van der Waals surface area contributed by atoms with Crippen LogP contribution >= 0.6 is 0 Å². The molecule has 0 spiro atoms. The Kier molecular flexibility index (Phi) is 16.6. The second-order valence-corrected chi connectivity index (χ2v) is 10.1. The summed E-state index contributed by atoms with van der Waals surface area (Å²) in [5.74, 6) is -0.0428. The minimum Gasteiger partial charge on any atom is -0.423 e. The monoisotopic (exact) mass is 520 g/mol. The molecule has 0 saturated heterocycles. The van der Waals surface area contributed by atoms with Crippen molar-refractivity contribution in [2.75, 3.05) is 0 Å². The topological polar surface area (TPSA) is 52.6 Å². The van der Waals surface area contributed by atoms with Crippen LogP contribution in [0.15, 0.2) is 60.7 Å². The first-order valence-corrected chi connectivity index (χ1v) is 14.9. The third-order valence-electron chi connectivity index (χ3n) is 6.82. The number of para-hydroxylation sites is 2. The summed E-state index contributed by atoms with van der Waals surface area (Å²) in [5.41, 5.74) is 2.04. The number of hydrogen-bond acceptors (Lipinski definition) is 4. The van der Waals surface area contributed by atoms with E-state index in [1.165, 1.54) is 77.0 Å². The van der Waals surface area contributed by atoms with Crippen LogP contribution in [0, 0.1) is 0 Å². The lowest BCUT2D eigenvalue weighted by atomic mass is 10.0. The van der Waals surface area contributed by atoms with Crippen LogP contribution in [0.25, 0.3) is 0 Å². The molecule has 0 amide bonds. The molecule has 4 nitrogen and oxygen atoms in total. The highest BCUT2D eigenvalue weighted by Gasteiger charge is 2.10. The highest BCUT2D eigenvalue weighted by molar-refractivity contribution is 5.93. The lowest BCUT2D eigenvalue weighted by Gasteiger charge is -2.09. The lowest BCUT2D eigenvalue weighted by Crippen LogP contribution is -2.10. The zero-order valence-electron chi connectivity index (χ0n) is 23.7. The van der Waals surface area contributed by atoms with E-state index in [0.717, 1.165) is 49.0 Å². The zero-order chi connectivity index (χ0) is 27.3. The van der Waals surface area contributed by atoms with Crippen molar-refractivity contribution < 1.29 is 19.1 Å². The number of rotatable bonds is 20. The number of hydrogen-bond donors (Lipinski definition) is 0. The van der Waals surface area contributed by atoms with Gasteiger partial charge in [0.25, 0.3) is 0 Å². The van der Waals surface area contributed by atoms with Gasteiger partial charge in [-0.05, 0) is 48.9 Å². The Morgan fingerprint density at radius 2 is 0.868 bits per heavy atom. The van der Waals surface area contributed by atoms with E-state index in [4.69, 9.17) is 9.47 Å². The molecule has 0 heterocycles. The molecule has 4 heteroatoms. The number of benzene rings is 2. The maximum absolute atomic E-state index is 12.4. The summed E-state index contributed by atoms with van der Waals surface area (Å²) in [7, 11) is 0. The molecule has 2 aromatic rings. The summed E-state index contributed by atoms with van der Waals surface area (Å²) >= 11 is 0. The van der Waals surface area contributed by atoms with Gasteiger partial charge in [-0.25, -0.2) is 9.59 Å². The van der Waals surface area contributed by atoms with Crippen LogP contribution in [-0.4, -0.2) is 11.9 Å².